The average molecular weight is 259 g/mol. The fraction of sp³-hybridized carbons (Fsp3) is 1.00. The molecule has 2 unspecified atom stereocenters. The van der Waals surface area contributed by atoms with E-state index in [-0.39, 0.29) is 6.10 Å². The van der Waals surface area contributed by atoms with Gasteiger partial charge in [0.05, 0.1) is 19.3 Å². The number of unbranched alkanes of at least 4 members (excludes halogenated alkanes) is 1. The van der Waals surface area contributed by atoms with Crippen molar-refractivity contribution in [3.8, 4) is 0 Å². The number of aliphatic hydroxyl groups excluding tert-OH is 1. The monoisotopic (exact) mass is 259 g/mol. The molecule has 0 aromatic heterocycles. The third-order valence-corrected chi connectivity index (χ3v) is 3.43. The van der Waals surface area contributed by atoms with Crippen molar-refractivity contribution in [2.45, 2.75) is 38.7 Å². The molecule has 108 valence electrons. The number of piperidine rings is 1. The number of nitrogens with zero attached hydrogens (tertiary/aromatic N) is 1. The smallest absolute Gasteiger partial charge is 0.0900 e. The Balaban J connectivity index is 2.12. The number of rotatable bonds is 9. The van der Waals surface area contributed by atoms with E-state index < -0.39 is 0 Å². The molecule has 4 heteroatoms. The molecule has 0 amide bonds. The molecule has 1 aliphatic heterocycles. The number of ether oxygens (including phenoxy) is 2. The molecule has 1 fully saturated rings. The van der Waals surface area contributed by atoms with E-state index in [0.717, 1.165) is 45.7 Å². The first-order valence-electron chi connectivity index (χ1n) is 7.23. The van der Waals surface area contributed by atoms with Gasteiger partial charge in [-0.15, -0.1) is 0 Å². The van der Waals surface area contributed by atoms with E-state index in [2.05, 4.69) is 11.8 Å². The summed E-state index contributed by atoms with van der Waals surface area (Å²) in [6.45, 7) is 7.06. The summed E-state index contributed by atoms with van der Waals surface area (Å²) in [6.07, 6.45) is 4.31. The number of methoxy groups -OCH3 is 1. The van der Waals surface area contributed by atoms with Crippen molar-refractivity contribution in [2.24, 2.45) is 5.92 Å². The highest BCUT2D eigenvalue weighted by molar-refractivity contribution is 4.74. The van der Waals surface area contributed by atoms with Gasteiger partial charge in [0.15, 0.2) is 0 Å². The van der Waals surface area contributed by atoms with Gasteiger partial charge in [-0.05, 0) is 31.7 Å². The van der Waals surface area contributed by atoms with Crippen molar-refractivity contribution in [3.05, 3.63) is 0 Å². The summed E-state index contributed by atoms with van der Waals surface area (Å²) in [7, 11) is 1.76. The van der Waals surface area contributed by atoms with Gasteiger partial charge in [0.2, 0.25) is 0 Å². The minimum absolute atomic E-state index is 0.358. The fourth-order valence-corrected chi connectivity index (χ4v) is 2.51. The molecule has 1 heterocycles. The molecule has 4 nitrogen and oxygen atoms in total. The molecule has 1 N–H and O–H groups in total. The Morgan fingerprint density at radius 1 is 1.44 bits per heavy atom. The first-order valence-corrected chi connectivity index (χ1v) is 7.23. The second kappa shape index (κ2) is 9.73. The molecule has 1 saturated heterocycles. The van der Waals surface area contributed by atoms with Crippen molar-refractivity contribution in [1.29, 1.82) is 0 Å². The zero-order chi connectivity index (χ0) is 13.2. The van der Waals surface area contributed by atoms with Crippen LogP contribution in [0.2, 0.25) is 0 Å². The summed E-state index contributed by atoms with van der Waals surface area (Å²) in [6, 6.07) is 0. The van der Waals surface area contributed by atoms with E-state index in [4.69, 9.17) is 9.47 Å². The minimum Gasteiger partial charge on any atom is -0.389 e. The van der Waals surface area contributed by atoms with Gasteiger partial charge in [0, 0.05) is 26.8 Å². The zero-order valence-corrected chi connectivity index (χ0v) is 11.9. The lowest BCUT2D eigenvalue weighted by Crippen LogP contribution is -2.42. The third kappa shape index (κ3) is 6.69. The number of β-amino-alcohol motifs (C(OH)–C–C–N with tert-alkyl or cyclic N) is 1. The van der Waals surface area contributed by atoms with Gasteiger partial charge in [0.25, 0.3) is 0 Å². The molecule has 0 radical (unpaired) electrons. The number of likely N-dealkylation sites (tertiary alicyclic amines) is 1. The Bertz CT molecular complexity index is 199. The molecule has 1 rings (SSSR count). The van der Waals surface area contributed by atoms with Crippen LogP contribution >= 0.6 is 0 Å². The Morgan fingerprint density at radius 2 is 2.28 bits per heavy atom. The molecule has 0 saturated carbocycles. The lowest BCUT2D eigenvalue weighted by atomic mass is 9.99. The van der Waals surface area contributed by atoms with Crippen molar-refractivity contribution < 1.29 is 14.6 Å². The predicted octanol–water partition coefficient (Wildman–Crippen LogP) is 1.52. The normalized spacial score (nSPS) is 23.2. The van der Waals surface area contributed by atoms with Gasteiger partial charge >= 0.3 is 0 Å². The summed E-state index contributed by atoms with van der Waals surface area (Å²) in [5.74, 6) is 0.622. The number of hydrogen-bond acceptors (Lipinski definition) is 4. The number of hydrogen-bond donors (Lipinski definition) is 1. The summed E-state index contributed by atoms with van der Waals surface area (Å²) in [5, 5.41) is 9.92. The quantitative estimate of drug-likeness (QED) is 0.638. The van der Waals surface area contributed by atoms with Crippen LogP contribution in [0.3, 0.4) is 0 Å². The Morgan fingerprint density at radius 3 is 3.00 bits per heavy atom. The van der Waals surface area contributed by atoms with Crippen LogP contribution in [0.5, 0.6) is 0 Å². The molecule has 18 heavy (non-hydrogen) atoms. The van der Waals surface area contributed by atoms with Crippen LogP contribution in [-0.2, 0) is 9.47 Å². The zero-order valence-electron chi connectivity index (χ0n) is 11.9. The average Bonchev–Trinajstić information content (AvgIpc) is 2.35. The molecule has 1 aliphatic rings. The van der Waals surface area contributed by atoms with Crippen LogP contribution in [0.4, 0.5) is 0 Å². The van der Waals surface area contributed by atoms with Gasteiger partial charge in [-0.1, -0.05) is 13.3 Å². The van der Waals surface area contributed by atoms with Crippen LogP contribution in [0.1, 0.15) is 32.6 Å². The van der Waals surface area contributed by atoms with Crippen molar-refractivity contribution in [1.82, 2.24) is 4.90 Å². The highest BCUT2D eigenvalue weighted by Gasteiger charge is 2.21. The lowest BCUT2D eigenvalue weighted by molar-refractivity contribution is 0.00311. The Hall–Kier alpha value is -0.160. The van der Waals surface area contributed by atoms with E-state index in [1.807, 2.05) is 0 Å². The van der Waals surface area contributed by atoms with Crippen LogP contribution in [0, 0.1) is 5.92 Å². The second-order valence-electron chi connectivity index (χ2n) is 5.31. The van der Waals surface area contributed by atoms with Gasteiger partial charge in [-0.3, -0.25) is 0 Å². The van der Waals surface area contributed by atoms with Gasteiger partial charge < -0.3 is 19.5 Å². The van der Waals surface area contributed by atoms with Crippen LogP contribution < -0.4 is 0 Å². The van der Waals surface area contributed by atoms with Gasteiger partial charge in [0.1, 0.15) is 0 Å². The number of aliphatic hydroxyl groups is 1. The van der Waals surface area contributed by atoms with Crippen LogP contribution in [0.15, 0.2) is 0 Å². The molecule has 2 atom stereocenters. The SMILES string of the molecule is CCCCOCC(O)CN1CCCC(COC)C1. The molecular formula is C14H29NO3. The lowest BCUT2D eigenvalue weighted by Gasteiger charge is -2.33. The van der Waals surface area contributed by atoms with Crippen LogP contribution in [-0.4, -0.2) is 62.7 Å². The second-order valence-corrected chi connectivity index (χ2v) is 5.31. The highest BCUT2D eigenvalue weighted by Crippen LogP contribution is 2.16. The van der Waals surface area contributed by atoms with Gasteiger partial charge in [-0.25, -0.2) is 0 Å². The van der Waals surface area contributed by atoms with E-state index >= 15 is 0 Å². The Kier molecular flexibility index (Phi) is 8.59. The van der Waals surface area contributed by atoms with E-state index in [1.165, 1.54) is 12.8 Å². The van der Waals surface area contributed by atoms with Crippen molar-refractivity contribution in [2.75, 3.05) is 46.6 Å². The molecule has 0 aromatic carbocycles. The van der Waals surface area contributed by atoms with Crippen LogP contribution in [0.25, 0.3) is 0 Å². The van der Waals surface area contributed by atoms with E-state index in [0.29, 0.717) is 12.5 Å². The molecule has 0 aromatic rings. The first kappa shape index (κ1) is 15.9. The molecule has 0 spiro atoms. The summed E-state index contributed by atoms with van der Waals surface area (Å²) in [4.78, 5) is 2.33. The topological polar surface area (TPSA) is 41.9 Å². The maximum absolute atomic E-state index is 9.92. The first-order chi connectivity index (χ1) is 8.76. The largest absolute Gasteiger partial charge is 0.389 e. The maximum atomic E-state index is 9.92. The Labute approximate surface area is 111 Å². The highest BCUT2D eigenvalue weighted by atomic mass is 16.5. The van der Waals surface area contributed by atoms with Gasteiger partial charge in [-0.2, -0.15) is 0 Å². The van der Waals surface area contributed by atoms with Crippen molar-refractivity contribution in [3.63, 3.8) is 0 Å². The summed E-state index contributed by atoms with van der Waals surface area (Å²) in [5.41, 5.74) is 0. The van der Waals surface area contributed by atoms with Crippen molar-refractivity contribution >= 4 is 0 Å². The summed E-state index contributed by atoms with van der Waals surface area (Å²) >= 11 is 0. The maximum Gasteiger partial charge on any atom is 0.0900 e. The summed E-state index contributed by atoms with van der Waals surface area (Å²) < 4.78 is 10.7. The van der Waals surface area contributed by atoms with E-state index in [9.17, 15) is 5.11 Å². The molecular weight excluding hydrogens is 230 g/mol. The third-order valence-electron chi connectivity index (χ3n) is 3.43. The predicted molar refractivity (Wildman–Crippen MR) is 72.8 cm³/mol. The fourth-order valence-electron chi connectivity index (χ4n) is 2.51. The molecule has 0 aliphatic carbocycles. The minimum atomic E-state index is -0.358. The van der Waals surface area contributed by atoms with E-state index in [1.54, 1.807) is 7.11 Å². The molecule has 0 bridgehead atoms. The standard InChI is InChI=1S/C14H29NO3/c1-3-4-8-18-12-14(16)10-15-7-5-6-13(9-15)11-17-2/h13-14,16H,3-12H2,1-2H3.